The normalized spacial score (nSPS) is 24.5. The summed E-state index contributed by atoms with van der Waals surface area (Å²) >= 11 is 0. The monoisotopic (exact) mass is 263 g/mol. The van der Waals surface area contributed by atoms with E-state index in [-0.39, 0.29) is 17.2 Å². The van der Waals surface area contributed by atoms with Crippen LogP contribution in [0, 0.1) is 18.3 Å². The van der Waals surface area contributed by atoms with Gasteiger partial charge >= 0.3 is 5.97 Å². The van der Waals surface area contributed by atoms with E-state index in [2.05, 4.69) is 0 Å². The zero-order valence-corrected chi connectivity index (χ0v) is 10.9. The smallest absolute Gasteiger partial charge is 0.307 e. The van der Waals surface area contributed by atoms with Crippen molar-refractivity contribution in [3.63, 3.8) is 0 Å². The van der Waals surface area contributed by atoms with E-state index in [0.717, 1.165) is 25.0 Å². The van der Waals surface area contributed by atoms with Crippen LogP contribution in [0.4, 0.5) is 0 Å². The lowest BCUT2D eigenvalue weighted by Gasteiger charge is -2.32. The van der Waals surface area contributed by atoms with E-state index >= 15 is 0 Å². The van der Waals surface area contributed by atoms with Gasteiger partial charge in [-0.2, -0.15) is 0 Å². The predicted molar refractivity (Wildman–Crippen MR) is 66.8 cm³/mol. The molecule has 1 aromatic rings. The van der Waals surface area contributed by atoms with Crippen LogP contribution in [0.25, 0.3) is 0 Å². The highest BCUT2D eigenvalue weighted by Crippen LogP contribution is 2.59. The number of furan rings is 1. The minimum atomic E-state index is -0.690. The van der Waals surface area contributed by atoms with Gasteiger partial charge in [-0.15, -0.1) is 0 Å². The second-order valence-electron chi connectivity index (χ2n) is 5.70. The molecule has 1 aromatic heterocycles. The zero-order valence-electron chi connectivity index (χ0n) is 10.9. The molecule has 1 atom stereocenters. The average Bonchev–Trinajstić information content (AvgIpc) is 2.91. The van der Waals surface area contributed by atoms with Crippen LogP contribution < -0.4 is 0 Å². The third-order valence-corrected chi connectivity index (χ3v) is 4.51. The largest absolute Gasteiger partial charge is 0.481 e. The van der Waals surface area contributed by atoms with E-state index in [4.69, 9.17) is 9.52 Å². The Kier molecular flexibility index (Phi) is 2.66. The van der Waals surface area contributed by atoms with E-state index in [1.54, 1.807) is 11.0 Å². The molecule has 2 aliphatic rings. The van der Waals surface area contributed by atoms with E-state index in [9.17, 15) is 9.59 Å². The molecule has 102 valence electrons. The molecule has 1 aliphatic heterocycles. The number of carboxylic acid groups (broad SMARTS) is 1. The minimum Gasteiger partial charge on any atom is -0.481 e. The number of carboxylic acids is 1. The molecule has 1 N–H and O–H groups in total. The summed E-state index contributed by atoms with van der Waals surface area (Å²) < 4.78 is 5.15. The summed E-state index contributed by atoms with van der Waals surface area (Å²) in [6.07, 6.45) is 3.85. The number of rotatable bonds is 2. The van der Waals surface area contributed by atoms with Gasteiger partial charge < -0.3 is 14.4 Å². The van der Waals surface area contributed by atoms with Crippen LogP contribution in [0.1, 0.15) is 35.4 Å². The summed E-state index contributed by atoms with van der Waals surface area (Å²) in [6.45, 7) is 3.10. The number of hydrogen-bond acceptors (Lipinski definition) is 3. The van der Waals surface area contributed by atoms with Gasteiger partial charge in [0.25, 0.3) is 5.91 Å². The Labute approximate surface area is 111 Å². The fourth-order valence-corrected chi connectivity index (χ4v) is 3.14. The first kappa shape index (κ1) is 12.3. The van der Waals surface area contributed by atoms with Crippen molar-refractivity contribution in [1.82, 2.24) is 4.90 Å². The summed E-state index contributed by atoms with van der Waals surface area (Å²) in [7, 11) is 0. The van der Waals surface area contributed by atoms with Gasteiger partial charge in [0.15, 0.2) is 0 Å². The van der Waals surface area contributed by atoms with Crippen molar-refractivity contribution < 1.29 is 19.1 Å². The van der Waals surface area contributed by atoms with Crippen LogP contribution in [0.2, 0.25) is 0 Å². The Hall–Kier alpha value is -1.78. The first-order valence-electron chi connectivity index (χ1n) is 6.59. The molecule has 5 heteroatoms. The molecule has 1 unspecified atom stereocenters. The molecule has 0 radical (unpaired) electrons. The Balaban J connectivity index is 1.62. The Morgan fingerprint density at radius 1 is 1.42 bits per heavy atom. The van der Waals surface area contributed by atoms with Gasteiger partial charge in [0.1, 0.15) is 12.0 Å². The standard InChI is InChI=1S/C14H17NO4/c1-9-6-10(8-19-9)12(16)15-4-2-14(3-5-15)7-11(14)13(17)18/h6,8,11H,2-5,7H2,1H3,(H,17,18). The van der Waals surface area contributed by atoms with Gasteiger partial charge in [0.05, 0.1) is 11.5 Å². The molecule has 3 rings (SSSR count). The molecule has 2 heterocycles. The number of likely N-dealkylation sites (tertiary alicyclic amines) is 1. The Morgan fingerprint density at radius 3 is 2.58 bits per heavy atom. The van der Waals surface area contributed by atoms with Gasteiger partial charge in [0, 0.05) is 13.1 Å². The van der Waals surface area contributed by atoms with Crippen LogP contribution in [0.3, 0.4) is 0 Å². The van der Waals surface area contributed by atoms with Crippen molar-refractivity contribution in [3.05, 3.63) is 23.7 Å². The van der Waals surface area contributed by atoms with Crippen LogP contribution in [0.15, 0.2) is 16.7 Å². The average molecular weight is 263 g/mol. The second-order valence-corrected chi connectivity index (χ2v) is 5.70. The minimum absolute atomic E-state index is 0.0146. The molecule has 19 heavy (non-hydrogen) atoms. The van der Waals surface area contributed by atoms with Gasteiger partial charge in [-0.25, -0.2) is 0 Å². The lowest BCUT2D eigenvalue weighted by molar-refractivity contribution is -0.139. The highest BCUT2D eigenvalue weighted by Gasteiger charge is 2.59. The van der Waals surface area contributed by atoms with Crippen molar-refractivity contribution in [2.24, 2.45) is 11.3 Å². The topological polar surface area (TPSA) is 70.8 Å². The molecule has 1 spiro atoms. The van der Waals surface area contributed by atoms with E-state index < -0.39 is 5.97 Å². The Morgan fingerprint density at radius 2 is 2.11 bits per heavy atom. The van der Waals surface area contributed by atoms with Gasteiger partial charge in [0.2, 0.25) is 0 Å². The number of nitrogens with zero attached hydrogens (tertiary/aromatic N) is 1. The van der Waals surface area contributed by atoms with Crippen molar-refractivity contribution in [3.8, 4) is 0 Å². The van der Waals surface area contributed by atoms with Crippen molar-refractivity contribution in [1.29, 1.82) is 0 Å². The molecule has 1 saturated carbocycles. The van der Waals surface area contributed by atoms with E-state index in [1.807, 2.05) is 6.92 Å². The first-order chi connectivity index (χ1) is 9.02. The molecular formula is C14H17NO4. The van der Waals surface area contributed by atoms with Crippen molar-refractivity contribution >= 4 is 11.9 Å². The molecule has 0 bridgehead atoms. The van der Waals surface area contributed by atoms with Crippen molar-refractivity contribution in [2.45, 2.75) is 26.2 Å². The second kappa shape index (κ2) is 4.11. The fraction of sp³-hybridized carbons (Fsp3) is 0.571. The number of hydrogen-bond donors (Lipinski definition) is 1. The number of piperidine rings is 1. The maximum atomic E-state index is 12.2. The summed E-state index contributed by atoms with van der Waals surface area (Å²) in [5, 5.41) is 9.03. The van der Waals surface area contributed by atoms with Crippen LogP contribution in [0.5, 0.6) is 0 Å². The summed E-state index contributed by atoms with van der Waals surface area (Å²) in [4.78, 5) is 25.0. The lowest BCUT2D eigenvalue weighted by Crippen LogP contribution is -2.39. The van der Waals surface area contributed by atoms with E-state index in [1.165, 1.54) is 6.26 Å². The number of aryl methyl sites for hydroxylation is 1. The number of aliphatic carboxylic acids is 1. The first-order valence-corrected chi connectivity index (χ1v) is 6.59. The molecule has 1 saturated heterocycles. The van der Waals surface area contributed by atoms with Gasteiger partial charge in [-0.1, -0.05) is 0 Å². The summed E-state index contributed by atoms with van der Waals surface area (Å²) in [5.74, 6) is -0.171. The predicted octanol–water partition coefficient (Wildman–Crippen LogP) is 1.91. The SMILES string of the molecule is Cc1cc(C(=O)N2CCC3(CC2)CC3C(=O)O)co1. The molecule has 2 fully saturated rings. The Bertz CT molecular complexity index is 525. The van der Waals surface area contributed by atoms with Crippen LogP contribution in [-0.4, -0.2) is 35.0 Å². The summed E-state index contributed by atoms with van der Waals surface area (Å²) in [5.41, 5.74) is 0.550. The fourth-order valence-electron chi connectivity index (χ4n) is 3.14. The maximum absolute atomic E-state index is 12.2. The molecule has 5 nitrogen and oxygen atoms in total. The highest BCUT2D eigenvalue weighted by atomic mass is 16.4. The van der Waals surface area contributed by atoms with Crippen molar-refractivity contribution in [2.75, 3.05) is 13.1 Å². The molecule has 0 aromatic carbocycles. The zero-order chi connectivity index (χ0) is 13.6. The molecule has 1 aliphatic carbocycles. The molecular weight excluding hydrogens is 246 g/mol. The van der Waals surface area contributed by atoms with E-state index in [0.29, 0.717) is 18.7 Å². The van der Waals surface area contributed by atoms with Crippen LogP contribution >= 0.6 is 0 Å². The number of amides is 1. The third-order valence-electron chi connectivity index (χ3n) is 4.51. The summed E-state index contributed by atoms with van der Waals surface area (Å²) in [6, 6.07) is 1.74. The third kappa shape index (κ3) is 2.03. The number of carbonyl (C=O) groups is 2. The number of carbonyl (C=O) groups excluding carboxylic acids is 1. The molecule has 1 amide bonds. The lowest BCUT2D eigenvalue weighted by atomic mass is 9.90. The highest BCUT2D eigenvalue weighted by molar-refractivity contribution is 5.94. The quantitative estimate of drug-likeness (QED) is 0.884. The van der Waals surface area contributed by atoms with Gasteiger partial charge in [-0.05, 0) is 37.7 Å². The van der Waals surface area contributed by atoms with Gasteiger partial charge in [-0.3, -0.25) is 9.59 Å². The van der Waals surface area contributed by atoms with Crippen LogP contribution in [-0.2, 0) is 4.79 Å². The maximum Gasteiger partial charge on any atom is 0.307 e.